The Hall–Kier alpha value is -3.64. The summed E-state index contributed by atoms with van der Waals surface area (Å²) in [6, 6.07) is 22.3. The fourth-order valence-electron chi connectivity index (χ4n) is 4.48. The molecular weight excluding hydrogens is 412 g/mol. The summed E-state index contributed by atoms with van der Waals surface area (Å²) in [5.41, 5.74) is 3.04. The fraction of sp³-hybridized carbons (Fsp3) is 0.259. The van der Waals surface area contributed by atoms with E-state index in [2.05, 4.69) is 53.3 Å². The first-order valence-corrected chi connectivity index (χ1v) is 11.3. The summed E-state index contributed by atoms with van der Waals surface area (Å²) < 4.78 is 5.23. The van der Waals surface area contributed by atoms with Crippen LogP contribution in [0.15, 0.2) is 72.9 Å². The van der Waals surface area contributed by atoms with E-state index in [-0.39, 0.29) is 11.9 Å². The quantitative estimate of drug-likeness (QED) is 0.503. The molecule has 1 aliphatic heterocycles. The van der Waals surface area contributed by atoms with Gasteiger partial charge in [-0.15, -0.1) is 0 Å². The molecule has 3 aromatic carbocycles. The van der Waals surface area contributed by atoms with E-state index in [0.717, 1.165) is 41.5 Å². The summed E-state index contributed by atoms with van der Waals surface area (Å²) >= 11 is 0. The Morgan fingerprint density at radius 1 is 1.06 bits per heavy atom. The van der Waals surface area contributed by atoms with Crippen LogP contribution in [-0.2, 0) is 11.2 Å². The average molecular weight is 441 g/mol. The third kappa shape index (κ3) is 4.47. The lowest BCUT2D eigenvalue weighted by atomic mass is 10.1. The average Bonchev–Trinajstić information content (AvgIpc) is 3.34. The minimum absolute atomic E-state index is 0.108. The van der Waals surface area contributed by atoms with Crippen LogP contribution in [0, 0.1) is 0 Å². The van der Waals surface area contributed by atoms with E-state index >= 15 is 0 Å². The Kier molecular flexibility index (Phi) is 5.84. The summed E-state index contributed by atoms with van der Waals surface area (Å²) in [4.78, 5) is 25.7. The highest BCUT2D eigenvalue weighted by molar-refractivity contribution is 5.86. The number of nitrogens with zero attached hydrogens (tertiary/aromatic N) is 3. The standard InChI is InChI=1S/C27H28N4O2/c1-30-13-14-31(26(32)15-19-7-11-23(33-2)12-8-19)25(18-30)27-28-17-24(29-27)22-10-9-20-5-3-4-6-21(20)16-22/h3-12,16-17,25H,13-15,18H2,1-2H3,(H,28,29). The van der Waals surface area contributed by atoms with Gasteiger partial charge in [0.1, 0.15) is 17.6 Å². The highest BCUT2D eigenvalue weighted by Crippen LogP contribution is 2.28. The number of ether oxygens (including phenoxy) is 1. The summed E-state index contributed by atoms with van der Waals surface area (Å²) in [6.45, 7) is 2.28. The number of nitrogens with one attached hydrogen (secondary N) is 1. The van der Waals surface area contributed by atoms with Crippen molar-refractivity contribution in [2.75, 3.05) is 33.8 Å². The summed E-state index contributed by atoms with van der Waals surface area (Å²) in [5.74, 6) is 1.73. The molecule has 0 saturated carbocycles. The predicted octanol–water partition coefficient (Wildman–Crippen LogP) is 4.30. The number of benzene rings is 3. The molecule has 1 aliphatic rings. The molecule has 6 nitrogen and oxygen atoms in total. The van der Waals surface area contributed by atoms with Crippen molar-refractivity contribution in [3.63, 3.8) is 0 Å². The number of hydrogen-bond acceptors (Lipinski definition) is 4. The van der Waals surface area contributed by atoms with Crippen molar-refractivity contribution >= 4 is 16.7 Å². The Labute approximate surface area is 193 Å². The lowest BCUT2D eigenvalue weighted by Gasteiger charge is -2.39. The number of carbonyl (C=O) groups is 1. The Morgan fingerprint density at radius 3 is 2.64 bits per heavy atom. The molecule has 6 heteroatoms. The van der Waals surface area contributed by atoms with Crippen LogP contribution in [0.4, 0.5) is 0 Å². The van der Waals surface area contributed by atoms with Crippen molar-refractivity contribution in [3.05, 3.63) is 84.3 Å². The molecule has 1 N–H and O–H groups in total. The maximum absolute atomic E-state index is 13.3. The van der Waals surface area contributed by atoms with Gasteiger partial charge in [-0.1, -0.05) is 48.5 Å². The third-order valence-electron chi connectivity index (χ3n) is 6.39. The SMILES string of the molecule is COc1ccc(CC(=O)N2CCN(C)CC2c2ncc(-c3ccc4ccccc4c3)[nH]2)cc1. The van der Waals surface area contributed by atoms with Gasteiger partial charge in [0.2, 0.25) is 5.91 Å². The molecule has 0 spiro atoms. The van der Waals surface area contributed by atoms with Crippen LogP contribution in [0.5, 0.6) is 5.75 Å². The third-order valence-corrected chi connectivity index (χ3v) is 6.39. The highest BCUT2D eigenvalue weighted by atomic mass is 16.5. The molecule has 0 radical (unpaired) electrons. The number of carbonyl (C=O) groups excluding carboxylic acids is 1. The van der Waals surface area contributed by atoms with Gasteiger partial charge in [0.15, 0.2) is 0 Å². The van der Waals surface area contributed by atoms with Crippen LogP contribution in [0.2, 0.25) is 0 Å². The number of imidazole rings is 1. The number of aromatic amines is 1. The number of methoxy groups -OCH3 is 1. The van der Waals surface area contributed by atoms with E-state index in [9.17, 15) is 4.79 Å². The van der Waals surface area contributed by atoms with E-state index < -0.39 is 0 Å². The topological polar surface area (TPSA) is 61.5 Å². The van der Waals surface area contributed by atoms with Gasteiger partial charge in [-0.3, -0.25) is 4.79 Å². The van der Waals surface area contributed by atoms with Gasteiger partial charge in [0.05, 0.1) is 25.4 Å². The van der Waals surface area contributed by atoms with E-state index in [1.54, 1.807) is 7.11 Å². The van der Waals surface area contributed by atoms with Gasteiger partial charge in [-0.05, 0) is 41.6 Å². The van der Waals surface area contributed by atoms with Gasteiger partial charge in [-0.2, -0.15) is 0 Å². The Balaban J connectivity index is 1.38. The van der Waals surface area contributed by atoms with Gasteiger partial charge < -0.3 is 19.5 Å². The van der Waals surface area contributed by atoms with E-state index in [1.165, 1.54) is 10.8 Å². The summed E-state index contributed by atoms with van der Waals surface area (Å²) in [6.07, 6.45) is 2.24. The number of amides is 1. The van der Waals surface area contributed by atoms with Gasteiger partial charge in [-0.25, -0.2) is 4.98 Å². The minimum Gasteiger partial charge on any atom is -0.497 e. The number of aromatic nitrogens is 2. The number of fused-ring (bicyclic) bond motifs is 1. The molecule has 0 bridgehead atoms. The number of rotatable bonds is 5. The van der Waals surface area contributed by atoms with Crippen molar-refractivity contribution in [2.45, 2.75) is 12.5 Å². The summed E-state index contributed by atoms with van der Waals surface area (Å²) in [5, 5.41) is 2.41. The zero-order valence-corrected chi connectivity index (χ0v) is 19.0. The maximum Gasteiger partial charge on any atom is 0.227 e. The van der Waals surface area contributed by atoms with E-state index in [1.807, 2.05) is 41.4 Å². The van der Waals surface area contributed by atoms with Crippen LogP contribution in [0.25, 0.3) is 22.0 Å². The molecule has 0 aliphatic carbocycles. The molecule has 33 heavy (non-hydrogen) atoms. The first kappa shape index (κ1) is 21.2. The van der Waals surface area contributed by atoms with Crippen LogP contribution in [0.1, 0.15) is 17.4 Å². The number of piperazine rings is 1. The van der Waals surface area contributed by atoms with Crippen molar-refractivity contribution < 1.29 is 9.53 Å². The van der Waals surface area contributed by atoms with Crippen LogP contribution >= 0.6 is 0 Å². The largest absolute Gasteiger partial charge is 0.497 e. The second kappa shape index (κ2) is 9.08. The lowest BCUT2D eigenvalue weighted by Crippen LogP contribution is -2.50. The number of likely N-dealkylation sites (N-methyl/N-ethyl adjacent to an activating group) is 1. The van der Waals surface area contributed by atoms with E-state index in [4.69, 9.17) is 9.72 Å². The van der Waals surface area contributed by atoms with Crippen molar-refractivity contribution in [2.24, 2.45) is 0 Å². The monoisotopic (exact) mass is 440 g/mol. The Bertz CT molecular complexity index is 1260. The zero-order valence-electron chi connectivity index (χ0n) is 19.0. The molecule has 1 fully saturated rings. The van der Waals surface area contributed by atoms with Crippen LogP contribution in [-0.4, -0.2) is 59.5 Å². The normalized spacial score (nSPS) is 16.8. The molecular formula is C27H28N4O2. The number of hydrogen-bond donors (Lipinski definition) is 1. The van der Waals surface area contributed by atoms with Gasteiger partial charge >= 0.3 is 0 Å². The summed E-state index contributed by atoms with van der Waals surface area (Å²) in [7, 11) is 3.73. The molecule has 168 valence electrons. The zero-order chi connectivity index (χ0) is 22.8. The minimum atomic E-state index is -0.108. The maximum atomic E-state index is 13.3. The second-order valence-corrected chi connectivity index (χ2v) is 8.63. The molecule has 5 rings (SSSR count). The first-order chi connectivity index (χ1) is 16.1. The number of H-pyrrole nitrogens is 1. The molecule has 1 amide bonds. The molecule has 1 unspecified atom stereocenters. The molecule has 1 aromatic heterocycles. The van der Waals surface area contributed by atoms with Gasteiger partial charge in [0, 0.05) is 25.2 Å². The Morgan fingerprint density at radius 2 is 1.85 bits per heavy atom. The van der Waals surface area contributed by atoms with Crippen LogP contribution in [0.3, 0.4) is 0 Å². The van der Waals surface area contributed by atoms with E-state index in [0.29, 0.717) is 13.0 Å². The first-order valence-electron chi connectivity index (χ1n) is 11.3. The molecule has 1 atom stereocenters. The van der Waals surface area contributed by atoms with Crippen molar-refractivity contribution in [1.29, 1.82) is 0 Å². The lowest BCUT2D eigenvalue weighted by molar-refractivity contribution is -0.135. The second-order valence-electron chi connectivity index (χ2n) is 8.63. The molecule has 1 saturated heterocycles. The highest BCUT2D eigenvalue weighted by Gasteiger charge is 2.32. The van der Waals surface area contributed by atoms with Gasteiger partial charge in [0.25, 0.3) is 0 Å². The van der Waals surface area contributed by atoms with Crippen molar-refractivity contribution in [1.82, 2.24) is 19.8 Å². The van der Waals surface area contributed by atoms with Crippen LogP contribution < -0.4 is 4.74 Å². The molecule has 4 aromatic rings. The fourth-order valence-corrected chi connectivity index (χ4v) is 4.48. The smallest absolute Gasteiger partial charge is 0.227 e. The predicted molar refractivity (Wildman–Crippen MR) is 130 cm³/mol. The van der Waals surface area contributed by atoms with Crippen molar-refractivity contribution in [3.8, 4) is 17.0 Å². The molecule has 2 heterocycles.